The third kappa shape index (κ3) is 6.08. The number of carbonyl (C=O) groups excluding carboxylic acids is 3. The highest BCUT2D eigenvalue weighted by Gasteiger charge is 2.28. The number of rotatable bonds is 8. The van der Waals surface area contributed by atoms with Crippen LogP contribution in [0.1, 0.15) is 49.9 Å². The summed E-state index contributed by atoms with van der Waals surface area (Å²) in [6.45, 7) is 5.24. The maximum absolute atomic E-state index is 12.9. The first-order valence-corrected chi connectivity index (χ1v) is 12.4. The molecule has 1 aromatic heterocycles. The number of benzene rings is 1. The van der Waals surface area contributed by atoms with Crippen LogP contribution in [0.5, 0.6) is 5.75 Å². The first kappa shape index (κ1) is 26.3. The van der Waals surface area contributed by atoms with Gasteiger partial charge in [0.15, 0.2) is 5.78 Å². The van der Waals surface area contributed by atoms with Crippen molar-refractivity contribution in [3.8, 4) is 11.8 Å². The van der Waals surface area contributed by atoms with Crippen molar-refractivity contribution in [1.29, 1.82) is 5.26 Å². The smallest absolute Gasteiger partial charge is 0.348 e. The molecule has 1 N–H and O–H groups in total. The lowest BCUT2D eigenvalue weighted by Crippen LogP contribution is -2.12. The van der Waals surface area contributed by atoms with E-state index in [1.54, 1.807) is 32.9 Å². The van der Waals surface area contributed by atoms with E-state index in [-0.39, 0.29) is 41.4 Å². The molecule has 0 bridgehead atoms. The van der Waals surface area contributed by atoms with Gasteiger partial charge in [-0.3, -0.25) is 4.79 Å². The highest BCUT2D eigenvalue weighted by molar-refractivity contribution is 14.1. The number of nitriles is 1. The Hall–Kier alpha value is -1.98. The molecule has 0 fully saturated rings. The monoisotopic (exact) mass is 679 g/mol. The number of carbonyl (C=O) groups is 3. The number of nitrogens with zero attached hydrogens (tertiary/aromatic N) is 1. The van der Waals surface area contributed by atoms with Crippen molar-refractivity contribution in [3.05, 3.63) is 51.3 Å². The molecule has 0 aliphatic carbocycles. The van der Waals surface area contributed by atoms with Crippen LogP contribution in [-0.4, -0.2) is 36.0 Å². The number of hydrogen-bond acceptors (Lipinski definition) is 8. The molecular formula is C22H19I2NO6S. The first-order valence-electron chi connectivity index (χ1n) is 9.43. The molecule has 1 aromatic carbocycles. The van der Waals surface area contributed by atoms with E-state index in [9.17, 15) is 24.8 Å². The third-order valence-electron chi connectivity index (χ3n) is 4.25. The maximum atomic E-state index is 12.9. The zero-order valence-electron chi connectivity index (χ0n) is 17.5. The Morgan fingerprint density at radius 2 is 1.69 bits per heavy atom. The summed E-state index contributed by atoms with van der Waals surface area (Å²) in [5.74, 6) is -1.59. The Morgan fingerprint density at radius 3 is 2.22 bits per heavy atom. The first-order chi connectivity index (χ1) is 15.1. The Bertz CT molecular complexity index is 1120. The van der Waals surface area contributed by atoms with E-state index >= 15 is 0 Å². The summed E-state index contributed by atoms with van der Waals surface area (Å²) < 4.78 is 11.3. The van der Waals surface area contributed by atoms with Gasteiger partial charge in [-0.2, -0.15) is 5.26 Å². The lowest BCUT2D eigenvalue weighted by atomic mass is 10.0. The van der Waals surface area contributed by atoms with Gasteiger partial charge < -0.3 is 14.6 Å². The number of aromatic hydroxyl groups is 1. The van der Waals surface area contributed by atoms with E-state index in [0.29, 0.717) is 23.1 Å². The molecule has 0 saturated heterocycles. The molecule has 7 nitrogen and oxygen atoms in total. The predicted octanol–water partition coefficient (Wildman–Crippen LogP) is 5.04. The predicted molar refractivity (Wildman–Crippen MR) is 137 cm³/mol. The minimum atomic E-state index is -0.635. The van der Waals surface area contributed by atoms with Gasteiger partial charge in [-0.1, -0.05) is 0 Å². The van der Waals surface area contributed by atoms with E-state index in [0.717, 1.165) is 11.3 Å². The number of hydrogen-bond donors (Lipinski definition) is 1. The minimum Gasteiger partial charge on any atom is -0.506 e. The van der Waals surface area contributed by atoms with Gasteiger partial charge in [0, 0.05) is 11.3 Å². The standard InChI is InChI=1S/C22H19I2NO6S/c1-4-30-21(28)18-11(3)20(22(29)31-5-2)32-17(18)9-16(26)13(10-25)6-12-7-14(23)19(27)15(24)8-12/h6-8,27H,4-5,9H2,1-3H3. The number of halogens is 2. The highest BCUT2D eigenvalue weighted by atomic mass is 127. The fourth-order valence-corrected chi connectivity index (χ4v) is 5.81. The molecule has 168 valence electrons. The molecular weight excluding hydrogens is 660 g/mol. The van der Waals surface area contributed by atoms with Crippen LogP contribution < -0.4 is 0 Å². The summed E-state index contributed by atoms with van der Waals surface area (Å²) >= 11 is 4.92. The van der Waals surface area contributed by atoms with Gasteiger partial charge in [-0.05, 0) is 95.3 Å². The number of thiophene rings is 1. The van der Waals surface area contributed by atoms with Crippen LogP contribution in [0.4, 0.5) is 0 Å². The maximum Gasteiger partial charge on any atom is 0.348 e. The van der Waals surface area contributed by atoms with Crippen molar-refractivity contribution in [2.24, 2.45) is 0 Å². The van der Waals surface area contributed by atoms with Crippen molar-refractivity contribution in [1.82, 2.24) is 0 Å². The number of Topliss-reactive ketones (excluding diaryl/α,β-unsaturated/α-hetero) is 1. The van der Waals surface area contributed by atoms with E-state index in [1.165, 1.54) is 6.08 Å². The SMILES string of the molecule is CCOC(=O)c1sc(CC(=O)C(C#N)=Cc2cc(I)c(O)c(I)c2)c(C(=O)OCC)c1C. The Balaban J connectivity index is 2.46. The number of allylic oxidation sites excluding steroid dienone is 1. The molecule has 2 rings (SSSR count). The Labute approximate surface area is 216 Å². The average molecular weight is 679 g/mol. The Morgan fingerprint density at radius 1 is 1.12 bits per heavy atom. The van der Waals surface area contributed by atoms with Crippen molar-refractivity contribution in [2.45, 2.75) is 27.2 Å². The van der Waals surface area contributed by atoms with Gasteiger partial charge in [-0.15, -0.1) is 11.3 Å². The molecule has 0 spiro atoms. The fourth-order valence-electron chi connectivity index (χ4n) is 2.81. The van der Waals surface area contributed by atoms with Crippen molar-refractivity contribution in [3.63, 3.8) is 0 Å². The average Bonchev–Trinajstić information content (AvgIpc) is 3.06. The molecule has 32 heavy (non-hydrogen) atoms. The summed E-state index contributed by atoms with van der Waals surface area (Å²) in [5.41, 5.74) is 1.02. The zero-order chi connectivity index (χ0) is 24.0. The number of phenolic OH excluding ortho intramolecular Hbond substituents is 1. The molecule has 0 unspecified atom stereocenters. The van der Waals surface area contributed by atoms with Crippen LogP contribution in [0.3, 0.4) is 0 Å². The second-order valence-electron chi connectivity index (χ2n) is 6.40. The molecule has 0 saturated carbocycles. The molecule has 0 aliphatic rings. The lowest BCUT2D eigenvalue weighted by molar-refractivity contribution is -0.114. The van der Waals surface area contributed by atoms with E-state index in [4.69, 9.17) is 9.47 Å². The van der Waals surface area contributed by atoms with E-state index in [2.05, 4.69) is 0 Å². The third-order valence-corrected chi connectivity index (χ3v) is 7.17. The number of ether oxygens (including phenoxy) is 2. The normalized spacial score (nSPS) is 11.1. The second-order valence-corrected chi connectivity index (χ2v) is 9.83. The van der Waals surface area contributed by atoms with Gasteiger partial charge in [-0.25, -0.2) is 9.59 Å². The second kappa shape index (κ2) is 11.8. The van der Waals surface area contributed by atoms with Crippen LogP contribution in [0, 0.1) is 25.4 Å². The van der Waals surface area contributed by atoms with Crippen molar-refractivity contribution >= 4 is 80.3 Å². The largest absolute Gasteiger partial charge is 0.506 e. The summed E-state index contributed by atoms with van der Waals surface area (Å²) in [6.07, 6.45) is 1.19. The van der Waals surface area contributed by atoms with Crippen LogP contribution in [0.15, 0.2) is 17.7 Å². The summed E-state index contributed by atoms with van der Waals surface area (Å²) in [5, 5.41) is 19.5. The van der Waals surface area contributed by atoms with Crippen molar-refractivity contribution < 1.29 is 29.0 Å². The molecule has 0 aliphatic heterocycles. The number of phenols is 1. The molecule has 0 amide bonds. The number of ketones is 1. The highest BCUT2D eigenvalue weighted by Crippen LogP contribution is 2.32. The molecule has 0 radical (unpaired) electrons. The fraction of sp³-hybridized carbons (Fsp3) is 0.273. The number of esters is 2. The van der Waals surface area contributed by atoms with Crippen LogP contribution in [0.2, 0.25) is 0 Å². The van der Waals surface area contributed by atoms with Gasteiger partial charge in [0.25, 0.3) is 0 Å². The molecule has 0 atom stereocenters. The van der Waals surface area contributed by atoms with Crippen LogP contribution >= 0.6 is 56.5 Å². The lowest BCUT2D eigenvalue weighted by Gasteiger charge is -2.06. The molecule has 2 aromatic rings. The van der Waals surface area contributed by atoms with E-state index < -0.39 is 17.7 Å². The van der Waals surface area contributed by atoms with E-state index in [1.807, 2.05) is 51.3 Å². The summed E-state index contributed by atoms with van der Waals surface area (Å²) in [6, 6.07) is 5.21. The van der Waals surface area contributed by atoms with Crippen LogP contribution in [-0.2, 0) is 20.7 Å². The van der Waals surface area contributed by atoms with Gasteiger partial charge in [0.1, 0.15) is 16.7 Å². The van der Waals surface area contributed by atoms with Crippen LogP contribution in [0.25, 0.3) is 6.08 Å². The quantitative estimate of drug-likeness (QED) is 0.180. The van der Waals surface area contributed by atoms with Gasteiger partial charge >= 0.3 is 11.9 Å². The molecule has 10 heteroatoms. The minimum absolute atomic E-state index is 0.110. The molecule has 1 heterocycles. The Kier molecular flexibility index (Phi) is 9.65. The topological polar surface area (TPSA) is 114 Å². The van der Waals surface area contributed by atoms with Crippen molar-refractivity contribution in [2.75, 3.05) is 13.2 Å². The zero-order valence-corrected chi connectivity index (χ0v) is 22.6. The summed E-state index contributed by atoms with van der Waals surface area (Å²) in [4.78, 5) is 38.3. The summed E-state index contributed by atoms with van der Waals surface area (Å²) in [7, 11) is 0. The van der Waals surface area contributed by atoms with Gasteiger partial charge in [0.05, 0.1) is 31.5 Å². The van der Waals surface area contributed by atoms with Gasteiger partial charge in [0.2, 0.25) is 0 Å².